The number of aliphatic carboxylic acids is 1. The molecule has 2 N–H and O–H groups in total. The van der Waals surface area contributed by atoms with Crippen molar-refractivity contribution in [1.29, 1.82) is 0 Å². The van der Waals surface area contributed by atoms with Gasteiger partial charge in [-0.3, -0.25) is 9.59 Å². The number of urea groups is 1. The van der Waals surface area contributed by atoms with Crippen molar-refractivity contribution in [2.45, 2.75) is 38.5 Å². The minimum atomic E-state index is -0.832. The van der Waals surface area contributed by atoms with E-state index < -0.39 is 11.9 Å². The molecule has 0 saturated carbocycles. The van der Waals surface area contributed by atoms with Crippen LogP contribution < -0.4 is 5.32 Å². The van der Waals surface area contributed by atoms with Crippen molar-refractivity contribution in [3.05, 3.63) is 0 Å². The summed E-state index contributed by atoms with van der Waals surface area (Å²) >= 11 is 0. The van der Waals surface area contributed by atoms with Gasteiger partial charge < -0.3 is 20.2 Å². The number of rotatable bonds is 5. The Balaban J connectivity index is 1.65. The Morgan fingerprint density at radius 2 is 2.05 bits per heavy atom. The maximum absolute atomic E-state index is 12.0. The summed E-state index contributed by atoms with van der Waals surface area (Å²) in [5.74, 6) is -1.08. The highest BCUT2D eigenvalue weighted by Gasteiger charge is 2.27. The van der Waals surface area contributed by atoms with Gasteiger partial charge in [-0.05, 0) is 32.1 Å². The summed E-state index contributed by atoms with van der Waals surface area (Å²) in [6.45, 7) is 2.90. The predicted molar refractivity (Wildman–Crippen MR) is 80.4 cm³/mol. The number of piperidine rings is 2. The quantitative estimate of drug-likeness (QED) is 0.738. The van der Waals surface area contributed by atoms with Gasteiger partial charge in [-0.2, -0.15) is 0 Å². The van der Waals surface area contributed by atoms with Crippen LogP contribution in [0, 0.1) is 5.92 Å². The molecule has 2 rings (SSSR count). The molecule has 0 aromatic carbocycles. The van der Waals surface area contributed by atoms with Gasteiger partial charge in [-0.1, -0.05) is 0 Å². The van der Waals surface area contributed by atoms with Gasteiger partial charge in [-0.25, -0.2) is 4.79 Å². The van der Waals surface area contributed by atoms with Gasteiger partial charge in [0.25, 0.3) is 0 Å². The fourth-order valence-electron chi connectivity index (χ4n) is 3.04. The van der Waals surface area contributed by atoms with Crippen LogP contribution in [0.5, 0.6) is 0 Å². The zero-order chi connectivity index (χ0) is 15.9. The number of likely N-dealkylation sites (tertiary alicyclic amines) is 2. The third-order valence-corrected chi connectivity index (χ3v) is 4.36. The summed E-state index contributed by atoms with van der Waals surface area (Å²) in [6.07, 6.45) is 4.77. The first kappa shape index (κ1) is 16.6. The van der Waals surface area contributed by atoms with Crippen LogP contribution in [-0.4, -0.2) is 65.5 Å². The van der Waals surface area contributed by atoms with E-state index in [1.807, 2.05) is 4.90 Å². The zero-order valence-electron chi connectivity index (χ0n) is 12.9. The van der Waals surface area contributed by atoms with Gasteiger partial charge in [0.15, 0.2) is 0 Å². The number of carbonyl (C=O) groups is 3. The van der Waals surface area contributed by atoms with E-state index in [9.17, 15) is 14.4 Å². The zero-order valence-corrected chi connectivity index (χ0v) is 12.9. The minimum Gasteiger partial charge on any atom is -0.481 e. The number of nitrogens with one attached hydrogen (secondary N) is 1. The van der Waals surface area contributed by atoms with Crippen LogP contribution in [0.25, 0.3) is 0 Å². The number of carboxylic acids is 1. The molecule has 22 heavy (non-hydrogen) atoms. The number of hydrogen-bond acceptors (Lipinski definition) is 3. The molecule has 0 aromatic heterocycles. The average Bonchev–Trinajstić information content (AvgIpc) is 2.53. The second-order valence-electron chi connectivity index (χ2n) is 6.05. The van der Waals surface area contributed by atoms with Crippen LogP contribution in [0.2, 0.25) is 0 Å². The Morgan fingerprint density at radius 3 is 2.77 bits per heavy atom. The lowest BCUT2D eigenvalue weighted by Gasteiger charge is -2.31. The summed E-state index contributed by atoms with van der Waals surface area (Å²) in [7, 11) is 0. The molecule has 1 atom stereocenters. The highest BCUT2D eigenvalue weighted by atomic mass is 16.4. The third kappa shape index (κ3) is 4.61. The molecule has 2 heterocycles. The Morgan fingerprint density at radius 1 is 1.23 bits per heavy atom. The van der Waals surface area contributed by atoms with E-state index in [0.717, 1.165) is 32.2 Å². The lowest BCUT2D eigenvalue weighted by molar-refractivity contribution is -0.143. The summed E-state index contributed by atoms with van der Waals surface area (Å²) in [5, 5.41) is 11.8. The molecule has 2 aliphatic rings. The second-order valence-corrected chi connectivity index (χ2v) is 6.05. The summed E-state index contributed by atoms with van der Waals surface area (Å²) in [6, 6.07) is -0.198. The van der Waals surface area contributed by atoms with E-state index in [0.29, 0.717) is 32.5 Å². The molecule has 0 radical (unpaired) electrons. The van der Waals surface area contributed by atoms with Crippen molar-refractivity contribution >= 4 is 17.9 Å². The molecule has 0 aliphatic carbocycles. The first-order valence-electron chi connectivity index (χ1n) is 8.11. The molecule has 2 aliphatic heterocycles. The fourth-order valence-corrected chi connectivity index (χ4v) is 3.04. The fraction of sp³-hybridized carbons (Fsp3) is 0.800. The molecular formula is C15H25N3O4. The number of carboxylic acid groups (broad SMARTS) is 1. The Hall–Kier alpha value is -1.79. The maximum Gasteiger partial charge on any atom is 0.317 e. The second kappa shape index (κ2) is 8.00. The van der Waals surface area contributed by atoms with Gasteiger partial charge in [0.1, 0.15) is 0 Å². The Kier molecular flexibility index (Phi) is 6.03. The number of nitrogens with zero attached hydrogens (tertiary/aromatic N) is 2. The van der Waals surface area contributed by atoms with Crippen molar-refractivity contribution in [1.82, 2.24) is 15.1 Å². The molecule has 0 bridgehead atoms. The maximum atomic E-state index is 12.0. The molecule has 7 heteroatoms. The predicted octanol–water partition coefficient (Wildman–Crippen LogP) is 0.895. The highest BCUT2D eigenvalue weighted by molar-refractivity contribution is 5.77. The van der Waals surface area contributed by atoms with E-state index in [4.69, 9.17) is 5.11 Å². The minimum absolute atomic E-state index is 0.198. The molecule has 2 fully saturated rings. The van der Waals surface area contributed by atoms with Crippen LogP contribution in [0.1, 0.15) is 38.5 Å². The van der Waals surface area contributed by atoms with Crippen molar-refractivity contribution in [3.63, 3.8) is 0 Å². The van der Waals surface area contributed by atoms with E-state index in [-0.39, 0.29) is 18.5 Å². The van der Waals surface area contributed by atoms with Crippen molar-refractivity contribution in [2.75, 3.05) is 32.7 Å². The summed E-state index contributed by atoms with van der Waals surface area (Å²) in [4.78, 5) is 38.1. The van der Waals surface area contributed by atoms with Crippen LogP contribution in [-0.2, 0) is 9.59 Å². The standard InChI is InChI=1S/C15H25N3O4/c19-13-6-1-2-8-17(13)10-4-7-16-15(22)18-9-3-5-12(11-18)14(20)21/h12H,1-11H2,(H,16,22)(H,20,21). The van der Waals surface area contributed by atoms with E-state index in [1.54, 1.807) is 4.90 Å². The molecule has 0 spiro atoms. The lowest BCUT2D eigenvalue weighted by Crippen LogP contribution is -2.47. The normalized spacial score (nSPS) is 22.5. The van der Waals surface area contributed by atoms with Crippen LogP contribution >= 0.6 is 0 Å². The topological polar surface area (TPSA) is 89.9 Å². The molecule has 1 unspecified atom stereocenters. The Labute approximate surface area is 130 Å². The summed E-state index contributed by atoms with van der Waals surface area (Å²) in [5.41, 5.74) is 0. The number of amides is 3. The van der Waals surface area contributed by atoms with E-state index >= 15 is 0 Å². The molecule has 0 aromatic rings. The summed E-state index contributed by atoms with van der Waals surface area (Å²) < 4.78 is 0. The van der Waals surface area contributed by atoms with Crippen LogP contribution in [0.3, 0.4) is 0 Å². The monoisotopic (exact) mass is 311 g/mol. The number of carbonyl (C=O) groups excluding carboxylic acids is 2. The first-order valence-corrected chi connectivity index (χ1v) is 8.11. The van der Waals surface area contributed by atoms with Gasteiger partial charge in [0.2, 0.25) is 5.91 Å². The van der Waals surface area contributed by atoms with Crippen LogP contribution in [0.4, 0.5) is 4.79 Å². The Bertz CT molecular complexity index is 427. The van der Waals surface area contributed by atoms with E-state index in [2.05, 4.69) is 5.32 Å². The average molecular weight is 311 g/mol. The van der Waals surface area contributed by atoms with E-state index in [1.165, 1.54) is 0 Å². The van der Waals surface area contributed by atoms with Gasteiger partial charge in [-0.15, -0.1) is 0 Å². The highest BCUT2D eigenvalue weighted by Crippen LogP contribution is 2.16. The lowest BCUT2D eigenvalue weighted by atomic mass is 9.99. The van der Waals surface area contributed by atoms with Crippen molar-refractivity contribution < 1.29 is 19.5 Å². The van der Waals surface area contributed by atoms with Crippen molar-refractivity contribution in [3.8, 4) is 0 Å². The smallest absolute Gasteiger partial charge is 0.317 e. The third-order valence-electron chi connectivity index (χ3n) is 4.36. The van der Waals surface area contributed by atoms with Crippen molar-refractivity contribution in [2.24, 2.45) is 5.92 Å². The molecule has 124 valence electrons. The largest absolute Gasteiger partial charge is 0.481 e. The molecule has 3 amide bonds. The number of hydrogen-bond donors (Lipinski definition) is 2. The van der Waals surface area contributed by atoms with Gasteiger partial charge in [0, 0.05) is 39.1 Å². The van der Waals surface area contributed by atoms with Gasteiger partial charge >= 0.3 is 12.0 Å². The van der Waals surface area contributed by atoms with Crippen LogP contribution in [0.15, 0.2) is 0 Å². The molecule has 7 nitrogen and oxygen atoms in total. The SMILES string of the molecule is O=C(O)C1CCCN(C(=O)NCCCN2CCCCC2=O)C1. The first-order chi connectivity index (χ1) is 10.6. The molecule has 2 saturated heterocycles. The molecular weight excluding hydrogens is 286 g/mol. The van der Waals surface area contributed by atoms with Gasteiger partial charge in [0.05, 0.1) is 5.92 Å².